The Bertz CT molecular complexity index is 86.5. The predicted molar refractivity (Wildman–Crippen MR) is 32.9 cm³/mol. The summed E-state index contributed by atoms with van der Waals surface area (Å²) in [7, 11) is 0. The maximum atomic E-state index is 10.5. The molecule has 0 aliphatic carbocycles. The minimum atomic E-state index is 0.000000000000000444. The molecule has 8 heavy (non-hydrogen) atoms. The van der Waals surface area contributed by atoms with Gasteiger partial charge in [-0.3, -0.25) is 0 Å². The van der Waals surface area contributed by atoms with Crippen LogP contribution in [0, 0.1) is 0 Å². The standard InChI is InChI=1S/C6H13NO/c1-4-6(8)7-5(2)3/h5H,4H2,1-3H3,(H,7,8)/p-1. The van der Waals surface area contributed by atoms with Crippen LogP contribution in [0.4, 0.5) is 0 Å². The first-order chi connectivity index (χ1) is 3.66. The van der Waals surface area contributed by atoms with Crippen LogP contribution in [0.25, 0.3) is 0 Å². The van der Waals surface area contributed by atoms with Gasteiger partial charge in [0.25, 0.3) is 0 Å². The molecule has 0 unspecified atom stereocenters. The summed E-state index contributed by atoms with van der Waals surface area (Å²) in [5, 5.41) is 10.5. The smallest absolute Gasteiger partial charge is 0.0432 e. The van der Waals surface area contributed by atoms with Crippen LogP contribution >= 0.6 is 0 Å². The molecular formula is C6H12NO-. The van der Waals surface area contributed by atoms with Gasteiger partial charge in [-0.15, -0.1) is 0 Å². The molecule has 0 spiro atoms. The molecular weight excluding hydrogens is 102 g/mol. The Kier molecular flexibility index (Phi) is 3.24. The normalized spacial score (nSPS) is 12.8. The lowest BCUT2D eigenvalue weighted by molar-refractivity contribution is -0.218. The zero-order valence-electron chi connectivity index (χ0n) is 5.64. The quantitative estimate of drug-likeness (QED) is 0.381. The Morgan fingerprint density at radius 3 is 2.25 bits per heavy atom. The van der Waals surface area contributed by atoms with Crippen molar-refractivity contribution in [3.63, 3.8) is 0 Å². The van der Waals surface area contributed by atoms with Gasteiger partial charge in [0.15, 0.2) is 0 Å². The van der Waals surface area contributed by atoms with Crippen molar-refractivity contribution in [1.82, 2.24) is 0 Å². The van der Waals surface area contributed by atoms with Crippen LogP contribution in [0.15, 0.2) is 4.99 Å². The molecule has 0 aliphatic rings. The fourth-order valence-corrected chi connectivity index (χ4v) is 0.379. The predicted octanol–water partition coefficient (Wildman–Crippen LogP) is 0.564. The average molecular weight is 114 g/mol. The fourth-order valence-electron chi connectivity index (χ4n) is 0.379. The van der Waals surface area contributed by atoms with Crippen molar-refractivity contribution < 1.29 is 5.11 Å². The Labute approximate surface area is 50.3 Å². The molecule has 2 heteroatoms. The first-order valence-electron chi connectivity index (χ1n) is 2.90. The lowest BCUT2D eigenvalue weighted by atomic mass is 10.4. The molecule has 48 valence electrons. The van der Waals surface area contributed by atoms with Gasteiger partial charge in [-0.25, -0.2) is 0 Å². The first-order valence-corrected chi connectivity index (χ1v) is 2.90. The maximum Gasteiger partial charge on any atom is 0.0432 e. The van der Waals surface area contributed by atoms with Crippen LogP contribution in [-0.4, -0.2) is 11.9 Å². The molecule has 0 N–H and O–H groups in total. The molecule has 0 amide bonds. The van der Waals surface area contributed by atoms with Gasteiger partial charge in [-0.1, -0.05) is 6.92 Å². The van der Waals surface area contributed by atoms with Crippen molar-refractivity contribution >= 4 is 5.90 Å². The van der Waals surface area contributed by atoms with Crippen molar-refractivity contribution in [2.75, 3.05) is 0 Å². The third-order valence-electron chi connectivity index (χ3n) is 0.705. The zero-order valence-corrected chi connectivity index (χ0v) is 5.64. The second-order valence-electron chi connectivity index (χ2n) is 1.97. The Hall–Kier alpha value is -0.530. The van der Waals surface area contributed by atoms with Crippen LogP contribution in [-0.2, 0) is 0 Å². The van der Waals surface area contributed by atoms with E-state index < -0.39 is 0 Å². The van der Waals surface area contributed by atoms with Crippen molar-refractivity contribution in [2.24, 2.45) is 4.99 Å². The van der Waals surface area contributed by atoms with Gasteiger partial charge in [0.2, 0.25) is 0 Å². The van der Waals surface area contributed by atoms with Crippen molar-refractivity contribution in [3.05, 3.63) is 0 Å². The number of nitrogens with zero attached hydrogens (tertiary/aromatic N) is 1. The number of rotatable bonds is 2. The number of hydrogen-bond acceptors (Lipinski definition) is 2. The van der Waals surface area contributed by atoms with Crippen LogP contribution < -0.4 is 5.11 Å². The van der Waals surface area contributed by atoms with E-state index in [1.165, 1.54) is 0 Å². The topological polar surface area (TPSA) is 35.4 Å². The molecule has 0 fully saturated rings. The Morgan fingerprint density at radius 1 is 1.62 bits per heavy atom. The van der Waals surface area contributed by atoms with E-state index in [0.29, 0.717) is 6.42 Å². The van der Waals surface area contributed by atoms with E-state index in [2.05, 4.69) is 4.99 Å². The number of aliphatic imine (C=N–C) groups is 1. The highest BCUT2D eigenvalue weighted by atomic mass is 16.3. The van der Waals surface area contributed by atoms with E-state index in [1.807, 2.05) is 20.8 Å². The lowest BCUT2D eigenvalue weighted by Gasteiger charge is -2.07. The monoisotopic (exact) mass is 114 g/mol. The molecule has 0 saturated carbocycles. The summed E-state index contributed by atoms with van der Waals surface area (Å²) >= 11 is 0. The van der Waals surface area contributed by atoms with Gasteiger partial charge < -0.3 is 10.1 Å². The van der Waals surface area contributed by atoms with Crippen LogP contribution in [0.5, 0.6) is 0 Å². The van der Waals surface area contributed by atoms with E-state index in [9.17, 15) is 5.11 Å². The minimum Gasteiger partial charge on any atom is -0.862 e. The van der Waals surface area contributed by atoms with E-state index in [0.717, 1.165) is 0 Å². The van der Waals surface area contributed by atoms with E-state index in [1.54, 1.807) is 0 Å². The van der Waals surface area contributed by atoms with Crippen molar-refractivity contribution in [3.8, 4) is 0 Å². The summed E-state index contributed by atoms with van der Waals surface area (Å²) in [6.07, 6.45) is 0.526. The summed E-state index contributed by atoms with van der Waals surface area (Å²) in [5.41, 5.74) is 0. The van der Waals surface area contributed by atoms with Gasteiger partial charge in [0.1, 0.15) is 0 Å². The highest BCUT2D eigenvalue weighted by Crippen LogP contribution is 1.86. The first kappa shape index (κ1) is 7.47. The summed E-state index contributed by atoms with van der Waals surface area (Å²) in [6.45, 7) is 5.61. The van der Waals surface area contributed by atoms with Gasteiger partial charge in [0, 0.05) is 6.04 Å². The number of hydrogen-bond donors (Lipinski definition) is 0. The minimum absolute atomic E-state index is 0.000000000000000444. The van der Waals surface area contributed by atoms with E-state index in [4.69, 9.17) is 0 Å². The summed E-state index contributed by atoms with van der Waals surface area (Å²) in [5.74, 6) is 0.000000000000000444. The molecule has 0 radical (unpaired) electrons. The summed E-state index contributed by atoms with van der Waals surface area (Å²) < 4.78 is 0. The molecule has 0 heterocycles. The van der Waals surface area contributed by atoms with E-state index >= 15 is 0 Å². The third kappa shape index (κ3) is 3.65. The largest absolute Gasteiger partial charge is 0.862 e. The molecule has 0 saturated heterocycles. The average Bonchev–Trinajstić information content (AvgIpc) is 1.65. The lowest BCUT2D eigenvalue weighted by Crippen LogP contribution is -2.17. The second-order valence-corrected chi connectivity index (χ2v) is 1.97. The molecule has 0 bridgehead atoms. The maximum absolute atomic E-state index is 10.5. The molecule has 0 aliphatic heterocycles. The van der Waals surface area contributed by atoms with Crippen LogP contribution in [0.2, 0.25) is 0 Å². The van der Waals surface area contributed by atoms with Crippen LogP contribution in [0.3, 0.4) is 0 Å². The third-order valence-corrected chi connectivity index (χ3v) is 0.705. The molecule has 0 rings (SSSR count). The molecule has 0 aromatic rings. The Morgan fingerprint density at radius 2 is 2.12 bits per heavy atom. The van der Waals surface area contributed by atoms with Crippen molar-refractivity contribution in [2.45, 2.75) is 33.2 Å². The van der Waals surface area contributed by atoms with Gasteiger partial charge in [-0.2, -0.15) is 0 Å². The molecule has 0 aromatic heterocycles. The van der Waals surface area contributed by atoms with Crippen LogP contribution in [0.1, 0.15) is 27.2 Å². The van der Waals surface area contributed by atoms with Gasteiger partial charge in [-0.05, 0) is 26.2 Å². The molecule has 2 nitrogen and oxygen atoms in total. The summed E-state index contributed by atoms with van der Waals surface area (Å²) in [6, 6.07) is 0.155. The van der Waals surface area contributed by atoms with Gasteiger partial charge >= 0.3 is 0 Å². The van der Waals surface area contributed by atoms with Crippen molar-refractivity contribution in [1.29, 1.82) is 0 Å². The summed E-state index contributed by atoms with van der Waals surface area (Å²) in [4.78, 5) is 3.76. The second kappa shape index (κ2) is 3.47. The molecule has 0 atom stereocenters. The SMILES string of the molecule is CCC([O-])=NC(C)C. The Balaban J connectivity index is 3.56. The van der Waals surface area contributed by atoms with E-state index in [-0.39, 0.29) is 11.9 Å². The molecule has 0 aromatic carbocycles. The highest BCUT2D eigenvalue weighted by Gasteiger charge is 1.82. The zero-order chi connectivity index (χ0) is 6.57. The fraction of sp³-hybridized carbons (Fsp3) is 0.833. The van der Waals surface area contributed by atoms with Gasteiger partial charge in [0.05, 0.1) is 0 Å². The highest BCUT2D eigenvalue weighted by molar-refractivity contribution is 5.70.